The first-order valence-electron chi connectivity index (χ1n) is 7.60. The van der Waals surface area contributed by atoms with Crippen molar-refractivity contribution in [1.29, 1.82) is 0 Å². The van der Waals surface area contributed by atoms with E-state index in [0.717, 1.165) is 48.5 Å². The van der Waals surface area contributed by atoms with Gasteiger partial charge in [0.05, 0.1) is 11.3 Å². The Bertz CT molecular complexity index is 728. The number of hydrogen-bond donors (Lipinski definition) is 1. The van der Waals surface area contributed by atoms with Gasteiger partial charge in [-0.1, -0.05) is 24.6 Å². The second-order valence-corrected chi connectivity index (χ2v) is 5.96. The molecule has 22 heavy (non-hydrogen) atoms. The number of rotatable bonds is 4. The maximum absolute atomic E-state index is 12.3. The molecule has 1 aliphatic heterocycles. The van der Waals surface area contributed by atoms with Crippen molar-refractivity contribution in [2.45, 2.75) is 39.3 Å². The summed E-state index contributed by atoms with van der Waals surface area (Å²) in [5.41, 5.74) is 2.71. The van der Waals surface area contributed by atoms with Gasteiger partial charge in [-0.3, -0.25) is 9.69 Å². The van der Waals surface area contributed by atoms with Gasteiger partial charge in [0, 0.05) is 44.2 Å². The Morgan fingerprint density at radius 3 is 3.09 bits per heavy atom. The summed E-state index contributed by atoms with van der Waals surface area (Å²) in [7, 11) is 0. The Labute approximate surface area is 134 Å². The summed E-state index contributed by atoms with van der Waals surface area (Å²) >= 11 is 6.11. The van der Waals surface area contributed by atoms with Crippen LogP contribution in [0, 0.1) is 0 Å². The summed E-state index contributed by atoms with van der Waals surface area (Å²) in [6.07, 6.45) is 4.28. The highest BCUT2D eigenvalue weighted by Gasteiger charge is 2.21. The summed E-state index contributed by atoms with van der Waals surface area (Å²) < 4.78 is 0. The number of H-pyrrole nitrogens is 1. The number of pyridine rings is 1. The van der Waals surface area contributed by atoms with Crippen LogP contribution in [0.5, 0.6) is 0 Å². The molecule has 116 valence electrons. The standard InChI is InChI=1S/C16H19ClN4O/c1-2-4-14-19-13-6-8-21(10-12(13)16(22)20-14)9-11-5-3-7-18-15(11)17/h3,5,7H,2,4,6,8-10H2,1H3,(H,19,20,22). The lowest BCUT2D eigenvalue weighted by molar-refractivity contribution is 0.241. The maximum atomic E-state index is 12.3. The Morgan fingerprint density at radius 1 is 1.45 bits per heavy atom. The smallest absolute Gasteiger partial charge is 0.255 e. The number of hydrogen-bond acceptors (Lipinski definition) is 4. The van der Waals surface area contributed by atoms with Crippen molar-refractivity contribution in [3.63, 3.8) is 0 Å². The molecule has 0 spiro atoms. The fourth-order valence-electron chi connectivity index (χ4n) is 2.80. The Balaban J connectivity index is 1.79. The van der Waals surface area contributed by atoms with E-state index in [0.29, 0.717) is 18.2 Å². The van der Waals surface area contributed by atoms with Gasteiger partial charge in [0.1, 0.15) is 11.0 Å². The van der Waals surface area contributed by atoms with Crippen molar-refractivity contribution in [3.8, 4) is 0 Å². The van der Waals surface area contributed by atoms with Crippen molar-refractivity contribution in [2.24, 2.45) is 0 Å². The molecule has 0 unspecified atom stereocenters. The molecule has 1 N–H and O–H groups in total. The van der Waals surface area contributed by atoms with Gasteiger partial charge < -0.3 is 4.98 Å². The van der Waals surface area contributed by atoms with Crippen LogP contribution in [0.1, 0.15) is 36.0 Å². The molecule has 3 rings (SSSR count). The second kappa shape index (κ2) is 6.58. The Kier molecular flexibility index (Phi) is 4.55. The molecule has 0 amide bonds. The highest BCUT2D eigenvalue weighted by atomic mass is 35.5. The lowest BCUT2D eigenvalue weighted by atomic mass is 10.1. The largest absolute Gasteiger partial charge is 0.310 e. The first kappa shape index (κ1) is 15.2. The lowest BCUT2D eigenvalue weighted by Gasteiger charge is -2.27. The molecular weight excluding hydrogens is 300 g/mol. The molecule has 0 bridgehead atoms. The minimum atomic E-state index is -0.00423. The molecule has 0 radical (unpaired) electrons. The van der Waals surface area contributed by atoms with Gasteiger partial charge in [0.15, 0.2) is 0 Å². The number of fused-ring (bicyclic) bond motifs is 1. The number of nitrogens with one attached hydrogen (secondary N) is 1. The summed E-state index contributed by atoms with van der Waals surface area (Å²) in [6.45, 7) is 4.26. The predicted molar refractivity (Wildman–Crippen MR) is 85.9 cm³/mol. The summed E-state index contributed by atoms with van der Waals surface area (Å²) in [5.74, 6) is 0.801. The van der Waals surface area contributed by atoms with Crippen molar-refractivity contribution in [3.05, 3.63) is 56.5 Å². The zero-order chi connectivity index (χ0) is 15.5. The lowest BCUT2D eigenvalue weighted by Crippen LogP contribution is -2.35. The minimum absolute atomic E-state index is 0.00423. The van der Waals surface area contributed by atoms with E-state index in [1.54, 1.807) is 6.20 Å². The van der Waals surface area contributed by atoms with Crippen LogP contribution in [0.2, 0.25) is 5.15 Å². The van der Waals surface area contributed by atoms with Crippen LogP contribution < -0.4 is 5.56 Å². The fourth-order valence-corrected chi connectivity index (χ4v) is 2.98. The SMILES string of the molecule is CCCc1nc2c(c(=O)[nH]1)CN(Cc1cccnc1Cl)CC2. The van der Waals surface area contributed by atoms with Gasteiger partial charge in [-0.15, -0.1) is 0 Å². The molecule has 0 saturated carbocycles. The van der Waals surface area contributed by atoms with Gasteiger partial charge >= 0.3 is 0 Å². The number of aromatic amines is 1. The number of aromatic nitrogens is 3. The monoisotopic (exact) mass is 318 g/mol. The number of halogens is 1. The van der Waals surface area contributed by atoms with Crippen molar-refractivity contribution in [1.82, 2.24) is 19.9 Å². The average molecular weight is 319 g/mol. The van der Waals surface area contributed by atoms with Crippen LogP contribution in [0.15, 0.2) is 23.1 Å². The van der Waals surface area contributed by atoms with Crippen LogP contribution in [0.4, 0.5) is 0 Å². The molecule has 0 aromatic carbocycles. The molecule has 5 nitrogen and oxygen atoms in total. The van der Waals surface area contributed by atoms with E-state index in [9.17, 15) is 4.79 Å². The van der Waals surface area contributed by atoms with Crippen LogP contribution in [0.25, 0.3) is 0 Å². The molecule has 2 aromatic rings. The number of nitrogens with zero attached hydrogens (tertiary/aromatic N) is 3. The molecule has 0 atom stereocenters. The first-order valence-corrected chi connectivity index (χ1v) is 7.98. The van der Waals surface area contributed by atoms with Crippen molar-refractivity contribution in [2.75, 3.05) is 6.54 Å². The van der Waals surface area contributed by atoms with E-state index in [2.05, 4.69) is 26.8 Å². The van der Waals surface area contributed by atoms with E-state index in [-0.39, 0.29) is 5.56 Å². The summed E-state index contributed by atoms with van der Waals surface area (Å²) in [4.78, 5) is 26.1. The van der Waals surface area contributed by atoms with Gasteiger partial charge in [-0.2, -0.15) is 0 Å². The molecule has 2 aromatic heterocycles. The third-order valence-electron chi connectivity index (χ3n) is 3.91. The van der Waals surface area contributed by atoms with E-state index in [1.807, 2.05) is 12.1 Å². The van der Waals surface area contributed by atoms with Crippen LogP contribution in [-0.4, -0.2) is 26.4 Å². The molecular formula is C16H19ClN4O. The third-order valence-corrected chi connectivity index (χ3v) is 4.25. The van der Waals surface area contributed by atoms with Crippen LogP contribution in [-0.2, 0) is 25.9 Å². The Hall–Kier alpha value is -1.72. The third kappa shape index (κ3) is 3.20. The quantitative estimate of drug-likeness (QED) is 0.879. The van der Waals surface area contributed by atoms with E-state index >= 15 is 0 Å². The van der Waals surface area contributed by atoms with Crippen LogP contribution in [0.3, 0.4) is 0 Å². The molecule has 0 fully saturated rings. The topological polar surface area (TPSA) is 61.9 Å². The van der Waals surface area contributed by atoms with E-state index < -0.39 is 0 Å². The van der Waals surface area contributed by atoms with Crippen molar-refractivity contribution < 1.29 is 0 Å². The second-order valence-electron chi connectivity index (χ2n) is 5.60. The first-order chi connectivity index (χ1) is 10.7. The zero-order valence-corrected chi connectivity index (χ0v) is 13.4. The molecule has 3 heterocycles. The highest BCUT2D eigenvalue weighted by Crippen LogP contribution is 2.19. The highest BCUT2D eigenvalue weighted by molar-refractivity contribution is 6.30. The van der Waals surface area contributed by atoms with Gasteiger partial charge in [-0.05, 0) is 12.5 Å². The minimum Gasteiger partial charge on any atom is -0.310 e. The van der Waals surface area contributed by atoms with Gasteiger partial charge in [-0.25, -0.2) is 9.97 Å². The number of aryl methyl sites for hydroxylation is 1. The van der Waals surface area contributed by atoms with Gasteiger partial charge in [0.2, 0.25) is 0 Å². The molecule has 1 aliphatic rings. The average Bonchev–Trinajstić information content (AvgIpc) is 2.51. The van der Waals surface area contributed by atoms with E-state index in [1.165, 1.54) is 0 Å². The zero-order valence-electron chi connectivity index (χ0n) is 12.6. The van der Waals surface area contributed by atoms with Crippen LogP contribution >= 0.6 is 11.6 Å². The summed E-state index contributed by atoms with van der Waals surface area (Å²) in [5, 5.41) is 0.527. The molecule has 0 saturated heterocycles. The Morgan fingerprint density at radius 2 is 2.32 bits per heavy atom. The maximum Gasteiger partial charge on any atom is 0.255 e. The normalized spacial score (nSPS) is 14.8. The van der Waals surface area contributed by atoms with E-state index in [4.69, 9.17) is 11.6 Å². The van der Waals surface area contributed by atoms with Gasteiger partial charge in [0.25, 0.3) is 5.56 Å². The molecule has 6 heteroatoms. The van der Waals surface area contributed by atoms with Crippen molar-refractivity contribution >= 4 is 11.6 Å². The fraction of sp³-hybridized carbons (Fsp3) is 0.438. The summed E-state index contributed by atoms with van der Waals surface area (Å²) in [6, 6.07) is 3.85. The molecule has 0 aliphatic carbocycles. The predicted octanol–water partition coefficient (Wildman–Crippen LogP) is 2.33.